The second kappa shape index (κ2) is 4.65. The molecule has 2 nitrogen and oxygen atoms in total. The van der Waals surface area contributed by atoms with Crippen LogP contribution in [-0.2, 0) is 0 Å². The molecule has 0 radical (unpaired) electrons. The highest BCUT2D eigenvalue weighted by Gasteiger charge is 2.31. The molecule has 0 heterocycles. The van der Waals surface area contributed by atoms with Gasteiger partial charge >= 0.3 is 0 Å². The maximum atomic E-state index is 13.2. The second-order valence-corrected chi connectivity index (χ2v) is 5.07. The lowest BCUT2D eigenvalue weighted by Crippen LogP contribution is -2.31. The van der Waals surface area contributed by atoms with Crippen molar-refractivity contribution in [2.75, 3.05) is 11.9 Å². The molecule has 0 saturated heterocycles. The van der Waals surface area contributed by atoms with Gasteiger partial charge in [-0.05, 0) is 50.8 Å². The summed E-state index contributed by atoms with van der Waals surface area (Å²) in [5.74, 6) is 0.448. The van der Waals surface area contributed by atoms with Crippen molar-refractivity contribution in [1.29, 1.82) is 0 Å². The molecule has 0 spiro atoms. The zero-order chi connectivity index (χ0) is 12.6. The second-order valence-electron chi connectivity index (χ2n) is 5.07. The van der Waals surface area contributed by atoms with E-state index in [2.05, 4.69) is 11.8 Å². The van der Waals surface area contributed by atoms with Gasteiger partial charge in [0.15, 0.2) is 0 Å². The highest BCUT2D eigenvalue weighted by atomic mass is 19.1. The molecule has 1 aliphatic rings. The van der Waals surface area contributed by atoms with Crippen molar-refractivity contribution in [3.05, 3.63) is 29.6 Å². The van der Waals surface area contributed by atoms with Gasteiger partial charge in [0.2, 0.25) is 0 Å². The summed E-state index contributed by atoms with van der Waals surface area (Å²) in [4.78, 5) is 2.15. The van der Waals surface area contributed by atoms with Gasteiger partial charge in [-0.2, -0.15) is 0 Å². The van der Waals surface area contributed by atoms with E-state index in [9.17, 15) is 9.50 Å². The molecule has 2 rings (SSSR count). The number of aliphatic hydroxyl groups is 1. The van der Waals surface area contributed by atoms with Crippen LogP contribution in [0, 0.1) is 11.7 Å². The first-order valence-electron chi connectivity index (χ1n) is 6.21. The molecule has 17 heavy (non-hydrogen) atoms. The largest absolute Gasteiger partial charge is 0.389 e. The summed E-state index contributed by atoms with van der Waals surface area (Å²) in [5, 5.41) is 9.72. The minimum atomic E-state index is -0.644. The fraction of sp³-hybridized carbons (Fsp3) is 0.571. The summed E-state index contributed by atoms with van der Waals surface area (Å²) in [6.07, 6.45) is 1.91. The lowest BCUT2D eigenvalue weighted by atomic mass is 10.0. The van der Waals surface area contributed by atoms with Crippen LogP contribution in [0.1, 0.15) is 38.4 Å². The Hall–Kier alpha value is -1.09. The number of benzene rings is 1. The van der Waals surface area contributed by atoms with Crippen LogP contribution in [0.3, 0.4) is 0 Å². The van der Waals surface area contributed by atoms with E-state index in [-0.39, 0.29) is 5.82 Å². The molecule has 1 fully saturated rings. The minimum absolute atomic E-state index is 0.294. The van der Waals surface area contributed by atoms with Gasteiger partial charge in [0.05, 0.1) is 6.10 Å². The van der Waals surface area contributed by atoms with Crippen LogP contribution in [0.4, 0.5) is 10.1 Å². The molecular formula is C14H20FNO. The molecule has 2 unspecified atom stereocenters. The predicted octanol–water partition coefficient (Wildman–Crippen LogP) is 3.11. The van der Waals surface area contributed by atoms with Crippen molar-refractivity contribution >= 4 is 5.69 Å². The lowest BCUT2D eigenvalue weighted by Gasteiger charge is -2.29. The van der Waals surface area contributed by atoms with Crippen molar-refractivity contribution in [3.8, 4) is 0 Å². The number of rotatable bonds is 4. The Morgan fingerprint density at radius 2 is 2.00 bits per heavy atom. The Labute approximate surface area is 102 Å². The summed E-state index contributed by atoms with van der Waals surface area (Å²) in [6, 6.07) is 5.09. The zero-order valence-corrected chi connectivity index (χ0v) is 10.7. The first-order chi connectivity index (χ1) is 8.00. The quantitative estimate of drug-likeness (QED) is 0.869. The van der Waals surface area contributed by atoms with Crippen molar-refractivity contribution < 1.29 is 9.50 Å². The Kier molecular flexibility index (Phi) is 3.38. The third-order valence-corrected chi connectivity index (χ3v) is 3.73. The number of hydrogen-bond donors (Lipinski definition) is 1. The van der Waals surface area contributed by atoms with Gasteiger partial charge in [0, 0.05) is 24.3 Å². The molecule has 1 aromatic carbocycles. The SMILES string of the molecule is CC(O)c1cc(F)ccc1N(C)C(C)C1CC1. The van der Waals surface area contributed by atoms with Gasteiger partial charge in [-0.15, -0.1) is 0 Å². The van der Waals surface area contributed by atoms with Gasteiger partial charge in [-0.25, -0.2) is 4.39 Å². The summed E-state index contributed by atoms with van der Waals surface area (Å²) in [6.45, 7) is 3.86. The third kappa shape index (κ3) is 2.60. The minimum Gasteiger partial charge on any atom is -0.389 e. The van der Waals surface area contributed by atoms with Gasteiger partial charge in [-0.3, -0.25) is 0 Å². The van der Waals surface area contributed by atoms with Crippen LogP contribution in [0.25, 0.3) is 0 Å². The predicted molar refractivity (Wildman–Crippen MR) is 67.6 cm³/mol. The van der Waals surface area contributed by atoms with E-state index in [1.165, 1.54) is 25.0 Å². The molecular weight excluding hydrogens is 217 g/mol. The fourth-order valence-corrected chi connectivity index (χ4v) is 2.30. The normalized spacial score (nSPS) is 18.9. The molecule has 0 aliphatic heterocycles. The van der Waals surface area contributed by atoms with Crippen LogP contribution in [0.15, 0.2) is 18.2 Å². The summed E-state index contributed by atoms with van der Waals surface area (Å²) < 4.78 is 13.2. The first-order valence-corrected chi connectivity index (χ1v) is 6.21. The van der Waals surface area contributed by atoms with E-state index in [4.69, 9.17) is 0 Å². The number of aliphatic hydroxyl groups excluding tert-OH is 1. The van der Waals surface area contributed by atoms with Crippen LogP contribution in [0.2, 0.25) is 0 Å². The lowest BCUT2D eigenvalue weighted by molar-refractivity contribution is 0.199. The number of halogens is 1. The van der Waals surface area contributed by atoms with Crippen LogP contribution in [0.5, 0.6) is 0 Å². The Morgan fingerprint density at radius 3 is 2.53 bits per heavy atom. The molecule has 94 valence electrons. The Bertz CT molecular complexity index is 401. The standard InChI is InChI=1S/C14H20FNO/c1-9(11-4-5-11)16(3)14-7-6-12(15)8-13(14)10(2)17/h6-11,17H,4-5H2,1-3H3. The molecule has 1 aromatic rings. The van der Waals surface area contributed by atoms with E-state index in [1.807, 2.05) is 7.05 Å². The molecule has 0 amide bonds. The smallest absolute Gasteiger partial charge is 0.123 e. The van der Waals surface area contributed by atoms with Gasteiger partial charge < -0.3 is 10.0 Å². The molecule has 1 saturated carbocycles. The van der Waals surface area contributed by atoms with Crippen molar-refractivity contribution in [2.45, 2.75) is 38.8 Å². The summed E-state index contributed by atoms with van der Waals surface area (Å²) in [7, 11) is 2.02. The number of anilines is 1. The van der Waals surface area contributed by atoms with Crippen molar-refractivity contribution in [2.24, 2.45) is 5.92 Å². The highest BCUT2D eigenvalue weighted by molar-refractivity contribution is 5.55. The molecule has 2 atom stereocenters. The van der Waals surface area contributed by atoms with Crippen LogP contribution < -0.4 is 4.90 Å². The average Bonchev–Trinajstić information content (AvgIpc) is 3.10. The summed E-state index contributed by atoms with van der Waals surface area (Å²) in [5.41, 5.74) is 1.60. The van der Waals surface area contributed by atoms with Gasteiger partial charge in [0.1, 0.15) is 5.82 Å². The first kappa shape index (κ1) is 12.4. The van der Waals surface area contributed by atoms with Crippen molar-refractivity contribution in [1.82, 2.24) is 0 Å². The maximum absolute atomic E-state index is 13.2. The Balaban J connectivity index is 2.29. The Morgan fingerprint density at radius 1 is 1.35 bits per heavy atom. The topological polar surface area (TPSA) is 23.5 Å². The van der Waals surface area contributed by atoms with Crippen molar-refractivity contribution in [3.63, 3.8) is 0 Å². The fourth-order valence-electron chi connectivity index (χ4n) is 2.30. The van der Waals surface area contributed by atoms with E-state index in [0.717, 1.165) is 11.6 Å². The summed E-state index contributed by atoms with van der Waals surface area (Å²) >= 11 is 0. The van der Waals surface area contributed by atoms with E-state index in [1.54, 1.807) is 13.0 Å². The number of hydrogen-bond acceptors (Lipinski definition) is 2. The highest BCUT2D eigenvalue weighted by Crippen LogP contribution is 2.38. The average molecular weight is 237 g/mol. The molecule has 3 heteroatoms. The van der Waals surface area contributed by atoms with Crippen LogP contribution >= 0.6 is 0 Å². The van der Waals surface area contributed by atoms with Crippen LogP contribution in [-0.4, -0.2) is 18.2 Å². The molecule has 1 aliphatic carbocycles. The van der Waals surface area contributed by atoms with E-state index < -0.39 is 6.10 Å². The van der Waals surface area contributed by atoms with E-state index >= 15 is 0 Å². The van der Waals surface area contributed by atoms with Gasteiger partial charge in [-0.1, -0.05) is 0 Å². The molecule has 1 N–H and O–H groups in total. The van der Waals surface area contributed by atoms with E-state index in [0.29, 0.717) is 11.6 Å². The number of nitrogens with zero attached hydrogens (tertiary/aromatic N) is 1. The van der Waals surface area contributed by atoms with Gasteiger partial charge in [0.25, 0.3) is 0 Å². The maximum Gasteiger partial charge on any atom is 0.123 e. The zero-order valence-electron chi connectivity index (χ0n) is 10.7. The third-order valence-electron chi connectivity index (χ3n) is 3.73. The molecule has 0 bridgehead atoms. The molecule has 0 aromatic heterocycles. The monoisotopic (exact) mass is 237 g/mol.